The molecule has 10 rings (SSSR count). The van der Waals surface area contributed by atoms with Crippen LogP contribution in [0.3, 0.4) is 0 Å². The molecule has 16 heteroatoms. The van der Waals surface area contributed by atoms with E-state index < -0.39 is 81.8 Å². The topological polar surface area (TPSA) is 218 Å². The number of nitrogens with zero attached hydrogens (tertiary/aromatic N) is 4. The second-order valence-corrected chi connectivity index (χ2v) is 15.5. The van der Waals surface area contributed by atoms with E-state index in [9.17, 15) is 39.0 Å². The minimum Gasteiger partial charge on any atom is -0.507 e. The maximum Gasteiger partial charge on any atom is 0.300 e. The van der Waals surface area contributed by atoms with Crippen molar-refractivity contribution in [3.05, 3.63) is 155 Å². The first-order valence-electron chi connectivity index (χ1n) is 19.9. The van der Waals surface area contributed by atoms with Gasteiger partial charge in [0.15, 0.2) is 11.1 Å². The SMILES string of the molecule is COc1ccc(/C(O)=C2\C(=O)C(=O)N3c4ccccc4NC(=O)C23Cc2nc3ccccc3nc2CC23C(=O)Nc4ccccc4N2C(=O)C(=O)/C3=C(/O)c2ccc(OC)cc2)cc1. The fraction of sp³-hybridized carbons (Fsp3) is 0.125. The van der Waals surface area contributed by atoms with E-state index in [2.05, 4.69) is 10.6 Å². The lowest BCUT2D eigenvalue weighted by molar-refractivity contribution is -0.132. The van der Waals surface area contributed by atoms with Gasteiger partial charge in [0, 0.05) is 24.0 Å². The number of carbonyl (C=O) groups excluding carboxylic acids is 6. The number of anilines is 4. The largest absolute Gasteiger partial charge is 0.507 e. The second-order valence-electron chi connectivity index (χ2n) is 15.5. The van der Waals surface area contributed by atoms with E-state index in [1.165, 1.54) is 62.8 Å². The summed E-state index contributed by atoms with van der Waals surface area (Å²) in [7, 11) is 2.91. The number of hydrogen-bond acceptors (Lipinski definition) is 12. The summed E-state index contributed by atoms with van der Waals surface area (Å²) in [6.45, 7) is 0. The molecule has 5 aromatic carbocycles. The number of aliphatic hydroxyl groups excluding tert-OH is 2. The fourth-order valence-electron chi connectivity index (χ4n) is 9.15. The molecule has 1 aromatic heterocycles. The number of amides is 4. The average molecular weight is 855 g/mol. The number of nitrogens with one attached hydrogen (secondary N) is 2. The van der Waals surface area contributed by atoms with Gasteiger partial charge in [-0.15, -0.1) is 0 Å². The Kier molecular flexibility index (Phi) is 8.93. The maximum atomic E-state index is 15.0. The Morgan fingerprint density at radius 2 is 0.891 bits per heavy atom. The van der Waals surface area contributed by atoms with Crippen molar-refractivity contribution in [1.82, 2.24) is 9.97 Å². The van der Waals surface area contributed by atoms with Crippen molar-refractivity contribution in [3.8, 4) is 11.5 Å². The Hall–Kier alpha value is -8.66. The van der Waals surface area contributed by atoms with Crippen molar-refractivity contribution in [2.45, 2.75) is 23.9 Å². The van der Waals surface area contributed by atoms with Crippen LogP contribution in [0, 0.1) is 0 Å². The Morgan fingerprint density at radius 3 is 1.27 bits per heavy atom. The summed E-state index contributed by atoms with van der Waals surface area (Å²) in [4.78, 5) is 99.6. The van der Waals surface area contributed by atoms with Gasteiger partial charge in [-0.2, -0.15) is 0 Å². The van der Waals surface area contributed by atoms with Crippen molar-refractivity contribution in [2.24, 2.45) is 0 Å². The van der Waals surface area contributed by atoms with Crippen LogP contribution in [0.5, 0.6) is 11.5 Å². The molecular weight excluding hydrogens is 821 g/mol. The lowest BCUT2D eigenvalue weighted by Crippen LogP contribution is -2.61. The highest BCUT2D eigenvalue weighted by molar-refractivity contribution is 6.56. The van der Waals surface area contributed by atoms with Crippen LogP contribution in [-0.2, 0) is 41.6 Å². The molecule has 16 nitrogen and oxygen atoms in total. The highest BCUT2D eigenvalue weighted by atomic mass is 16.5. The summed E-state index contributed by atoms with van der Waals surface area (Å²) in [5.74, 6) is -6.73. The van der Waals surface area contributed by atoms with Crippen LogP contribution in [0.25, 0.3) is 22.6 Å². The van der Waals surface area contributed by atoms with E-state index in [0.717, 1.165) is 9.80 Å². The molecule has 2 unspecified atom stereocenters. The first kappa shape index (κ1) is 39.5. The number of rotatable bonds is 8. The van der Waals surface area contributed by atoms with Gasteiger partial charge < -0.3 is 30.3 Å². The molecule has 4 amide bonds. The van der Waals surface area contributed by atoms with Gasteiger partial charge in [0.25, 0.3) is 23.4 Å². The van der Waals surface area contributed by atoms with Crippen molar-refractivity contribution >= 4 is 80.5 Å². The fourth-order valence-corrected chi connectivity index (χ4v) is 9.15. The molecule has 5 heterocycles. The molecule has 6 aromatic rings. The predicted octanol–water partition coefficient (Wildman–Crippen LogP) is 5.28. The third kappa shape index (κ3) is 5.54. The summed E-state index contributed by atoms with van der Waals surface area (Å²) < 4.78 is 10.6. The van der Waals surface area contributed by atoms with Crippen LogP contribution in [-0.4, -0.2) is 80.7 Å². The highest BCUT2D eigenvalue weighted by Crippen LogP contribution is 2.51. The smallest absolute Gasteiger partial charge is 0.300 e. The molecule has 4 aliphatic rings. The van der Waals surface area contributed by atoms with E-state index >= 15 is 0 Å². The van der Waals surface area contributed by atoms with E-state index in [0.29, 0.717) is 22.5 Å². The number of methoxy groups -OCH3 is 2. The number of carbonyl (C=O) groups is 6. The number of aliphatic hydroxyl groups is 2. The minimum atomic E-state index is -2.33. The van der Waals surface area contributed by atoms with Gasteiger partial charge >= 0.3 is 11.8 Å². The van der Waals surface area contributed by atoms with Crippen LogP contribution in [0.2, 0.25) is 0 Å². The number of benzene rings is 5. The Balaban J connectivity index is 1.24. The number of fused-ring (bicyclic) bond motifs is 7. The molecule has 0 radical (unpaired) electrons. The zero-order valence-corrected chi connectivity index (χ0v) is 33.9. The third-order valence-corrected chi connectivity index (χ3v) is 12.1. The molecule has 0 spiro atoms. The van der Waals surface area contributed by atoms with Gasteiger partial charge in [-0.05, 0) is 84.9 Å². The van der Waals surface area contributed by atoms with Gasteiger partial charge in [0.05, 0.1) is 70.5 Å². The number of Topliss-reactive ketones (excluding diaryl/α,β-unsaturated/α-hetero) is 2. The number of ketones is 2. The Labute approximate surface area is 363 Å². The first-order chi connectivity index (χ1) is 30.9. The summed E-state index contributed by atoms with van der Waals surface area (Å²) in [6.07, 6.45) is -1.24. The highest BCUT2D eigenvalue weighted by Gasteiger charge is 2.66. The van der Waals surface area contributed by atoms with E-state index in [-0.39, 0.29) is 45.3 Å². The van der Waals surface area contributed by atoms with Crippen LogP contribution in [0.4, 0.5) is 22.7 Å². The summed E-state index contributed by atoms with van der Waals surface area (Å²) in [6, 6.07) is 31.5. The first-order valence-corrected chi connectivity index (χ1v) is 19.9. The summed E-state index contributed by atoms with van der Waals surface area (Å²) >= 11 is 0. The van der Waals surface area contributed by atoms with Gasteiger partial charge in [0.2, 0.25) is 0 Å². The molecule has 4 N–H and O–H groups in total. The lowest BCUT2D eigenvalue weighted by Gasteiger charge is -2.43. The second kappa shape index (κ2) is 14.5. The molecule has 316 valence electrons. The van der Waals surface area contributed by atoms with E-state index in [1.54, 1.807) is 72.8 Å². The quantitative estimate of drug-likeness (QED) is 0.0874. The molecule has 0 aliphatic carbocycles. The van der Waals surface area contributed by atoms with Crippen molar-refractivity contribution in [3.63, 3.8) is 0 Å². The molecule has 64 heavy (non-hydrogen) atoms. The van der Waals surface area contributed by atoms with Crippen molar-refractivity contribution in [1.29, 1.82) is 0 Å². The van der Waals surface area contributed by atoms with Gasteiger partial charge in [-0.1, -0.05) is 36.4 Å². The molecule has 2 fully saturated rings. The van der Waals surface area contributed by atoms with Crippen LogP contribution < -0.4 is 29.9 Å². The van der Waals surface area contributed by atoms with Crippen LogP contribution >= 0.6 is 0 Å². The lowest BCUT2D eigenvalue weighted by atomic mass is 9.77. The average Bonchev–Trinajstić information content (AvgIpc) is 3.68. The maximum absolute atomic E-state index is 15.0. The third-order valence-electron chi connectivity index (χ3n) is 12.1. The normalized spacial score (nSPS) is 21.5. The molecule has 2 atom stereocenters. The summed E-state index contributed by atoms with van der Waals surface area (Å²) in [5.41, 5.74) is -4.30. The Morgan fingerprint density at radius 1 is 0.531 bits per heavy atom. The van der Waals surface area contributed by atoms with E-state index in [1.807, 2.05) is 0 Å². The minimum absolute atomic E-state index is 0.0446. The molecule has 0 saturated carbocycles. The number of ether oxygens (including phenoxy) is 2. The number of para-hydroxylation sites is 6. The molecular formula is C48H34N6O10. The number of hydrogen-bond donors (Lipinski definition) is 4. The Bertz CT molecular complexity index is 2940. The summed E-state index contributed by atoms with van der Waals surface area (Å²) in [5, 5.41) is 29.9. The van der Waals surface area contributed by atoms with Crippen LogP contribution in [0.15, 0.2) is 132 Å². The number of aromatic nitrogens is 2. The predicted molar refractivity (Wildman–Crippen MR) is 233 cm³/mol. The molecule has 4 aliphatic heterocycles. The van der Waals surface area contributed by atoms with Gasteiger partial charge in [-0.3, -0.25) is 38.6 Å². The zero-order valence-electron chi connectivity index (χ0n) is 33.9. The standard InChI is InChI=1S/C48H34N6O10/c1-63-27-19-15-25(16-20-27)39(55)37-41(57)43(59)53-35-13-7-5-11-31(35)51-45(61)47(37,53)23-33-34(50-30-10-4-3-9-29(30)49-33)24-48-38(40(56)26-17-21-28(64-2)22-18-26)42(58)44(60)54(48)36-14-8-6-12-32(36)52-46(48)62/h3-22,55-56H,23-24H2,1-2H3,(H,51,61)(H,52,62)/b39-37-,40-38-. The van der Waals surface area contributed by atoms with Crippen molar-refractivity contribution in [2.75, 3.05) is 34.7 Å². The monoisotopic (exact) mass is 854 g/mol. The molecule has 2 saturated heterocycles. The zero-order chi connectivity index (χ0) is 44.7. The van der Waals surface area contributed by atoms with Crippen LogP contribution in [0.1, 0.15) is 22.5 Å². The van der Waals surface area contributed by atoms with E-state index in [4.69, 9.17) is 19.4 Å². The van der Waals surface area contributed by atoms with Gasteiger partial charge in [0.1, 0.15) is 23.0 Å². The van der Waals surface area contributed by atoms with Crippen molar-refractivity contribution < 1.29 is 48.5 Å². The molecule has 0 bridgehead atoms. The van der Waals surface area contributed by atoms with Gasteiger partial charge in [-0.25, -0.2) is 9.97 Å².